The largest absolute Gasteiger partial charge is 0.488 e. The zero-order valence-electron chi connectivity index (χ0n) is 18.7. The second-order valence-corrected chi connectivity index (χ2v) is 7.78. The predicted molar refractivity (Wildman–Crippen MR) is 122 cm³/mol. The number of hydrogen-bond acceptors (Lipinski definition) is 8. The van der Waals surface area contributed by atoms with E-state index in [0.717, 1.165) is 17.0 Å². The Hall–Kier alpha value is -3.72. The quantitative estimate of drug-likeness (QED) is 0.476. The fourth-order valence-electron chi connectivity index (χ4n) is 3.25. The first-order valence-corrected chi connectivity index (χ1v) is 10.8. The van der Waals surface area contributed by atoms with Crippen LogP contribution in [0.1, 0.15) is 43.4 Å². The highest BCUT2D eigenvalue weighted by molar-refractivity contribution is 5.94. The Labute approximate surface area is 191 Å². The molecule has 1 aliphatic heterocycles. The van der Waals surface area contributed by atoms with Crippen LogP contribution in [0, 0.1) is 0 Å². The van der Waals surface area contributed by atoms with E-state index < -0.39 is 6.10 Å². The SMILES string of the molecule is CCC(=O)c1cnc(Oc2cc(O[C@@H](C)CO)cc(-c3ccc(C4=NC[C@H](C)O4)[nH]3)c2)cn1. The van der Waals surface area contributed by atoms with Crippen molar-refractivity contribution in [3.8, 4) is 28.6 Å². The molecule has 9 nitrogen and oxygen atoms in total. The van der Waals surface area contributed by atoms with E-state index in [1.54, 1.807) is 19.9 Å². The molecule has 172 valence electrons. The van der Waals surface area contributed by atoms with E-state index in [4.69, 9.17) is 14.2 Å². The average Bonchev–Trinajstić information content (AvgIpc) is 3.48. The van der Waals surface area contributed by atoms with Crippen LogP contribution in [0.3, 0.4) is 0 Å². The summed E-state index contributed by atoms with van der Waals surface area (Å²) in [6.45, 7) is 6.02. The number of aromatic amines is 1. The molecule has 3 heterocycles. The van der Waals surface area contributed by atoms with Crippen LogP contribution in [0.4, 0.5) is 0 Å². The number of aliphatic hydroxyl groups is 1. The number of aliphatic imine (C=N–C) groups is 1. The van der Waals surface area contributed by atoms with Gasteiger partial charge in [0, 0.05) is 23.7 Å². The summed E-state index contributed by atoms with van der Waals surface area (Å²) in [6, 6.07) is 9.22. The first-order chi connectivity index (χ1) is 15.9. The molecule has 3 aromatic rings. The second-order valence-electron chi connectivity index (χ2n) is 7.78. The van der Waals surface area contributed by atoms with Crippen molar-refractivity contribution in [3.63, 3.8) is 0 Å². The number of nitrogens with zero attached hydrogens (tertiary/aromatic N) is 3. The van der Waals surface area contributed by atoms with Gasteiger partial charge in [0.15, 0.2) is 5.78 Å². The number of aliphatic hydroxyl groups excluding tert-OH is 1. The van der Waals surface area contributed by atoms with Crippen molar-refractivity contribution in [1.29, 1.82) is 0 Å². The molecule has 9 heteroatoms. The molecule has 0 saturated carbocycles. The Morgan fingerprint density at radius 2 is 2.00 bits per heavy atom. The lowest BCUT2D eigenvalue weighted by Crippen LogP contribution is -2.16. The predicted octanol–water partition coefficient (Wildman–Crippen LogP) is 3.78. The van der Waals surface area contributed by atoms with Crippen LogP contribution >= 0.6 is 0 Å². The summed E-state index contributed by atoms with van der Waals surface area (Å²) in [5.74, 6) is 1.74. The molecule has 0 spiro atoms. The van der Waals surface area contributed by atoms with Crippen molar-refractivity contribution in [2.75, 3.05) is 13.2 Å². The van der Waals surface area contributed by atoms with Crippen molar-refractivity contribution in [3.05, 3.63) is 54.1 Å². The molecule has 2 aromatic heterocycles. The summed E-state index contributed by atoms with van der Waals surface area (Å²) in [6.07, 6.45) is 2.83. The van der Waals surface area contributed by atoms with Crippen LogP contribution in [0.15, 0.2) is 47.7 Å². The smallest absolute Gasteiger partial charge is 0.237 e. The number of benzene rings is 1. The van der Waals surface area contributed by atoms with Crippen molar-refractivity contribution in [2.45, 2.75) is 39.4 Å². The van der Waals surface area contributed by atoms with Gasteiger partial charge in [-0.25, -0.2) is 15.0 Å². The lowest BCUT2D eigenvalue weighted by molar-refractivity contribution is 0.0983. The van der Waals surface area contributed by atoms with Gasteiger partial charge in [0.25, 0.3) is 0 Å². The Morgan fingerprint density at radius 3 is 2.67 bits per heavy atom. The molecule has 0 aliphatic carbocycles. The minimum Gasteiger partial charge on any atom is -0.488 e. The third-order valence-electron chi connectivity index (χ3n) is 4.96. The molecular formula is C24H26N4O5. The number of Topliss-reactive ketones (excluding diaryl/α,β-unsaturated/α-hetero) is 1. The van der Waals surface area contributed by atoms with E-state index in [0.29, 0.717) is 36.1 Å². The maximum Gasteiger partial charge on any atom is 0.237 e. The van der Waals surface area contributed by atoms with Gasteiger partial charge in [-0.1, -0.05) is 6.92 Å². The van der Waals surface area contributed by atoms with Crippen molar-refractivity contribution in [1.82, 2.24) is 15.0 Å². The van der Waals surface area contributed by atoms with Crippen LogP contribution in [-0.2, 0) is 4.74 Å². The second kappa shape index (κ2) is 9.83. The van der Waals surface area contributed by atoms with E-state index in [1.807, 2.05) is 31.2 Å². The van der Waals surface area contributed by atoms with Gasteiger partial charge in [0.05, 0.1) is 25.5 Å². The topological polar surface area (TPSA) is 119 Å². The number of ether oxygens (including phenoxy) is 3. The van der Waals surface area contributed by atoms with Gasteiger partial charge in [0.1, 0.15) is 35.1 Å². The Balaban J connectivity index is 1.62. The van der Waals surface area contributed by atoms with Crippen molar-refractivity contribution < 1.29 is 24.1 Å². The molecule has 0 unspecified atom stereocenters. The summed E-state index contributed by atoms with van der Waals surface area (Å²) < 4.78 is 17.4. The standard InChI is InChI=1S/C24H26N4O5/c1-4-22(30)21-11-26-23(12-25-21)33-18-8-16(7-17(9-18)31-15(3)13-29)19-5-6-20(28-19)24-27-10-14(2)32-24/h5-9,11-12,14-15,28-29H,4,10,13H2,1-3H3/t14-,15-/m0/s1. The van der Waals surface area contributed by atoms with Gasteiger partial charge in [-0.05, 0) is 38.1 Å². The van der Waals surface area contributed by atoms with Crippen molar-refractivity contribution >= 4 is 11.7 Å². The highest BCUT2D eigenvalue weighted by atomic mass is 16.5. The Morgan fingerprint density at radius 1 is 1.21 bits per heavy atom. The summed E-state index contributed by atoms with van der Waals surface area (Å²) in [5.41, 5.74) is 2.70. The van der Waals surface area contributed by atoms with Crippen LogP contribution in [0.2, 0.25) is 0 Å². The number of hydrogen-bond donors (Lipinski definition) is 2. The molecule has 0 radical (unpaired) electrons. The molecule has 33 heavy (non-hydrogen) atoms. The number of nitrogens with one attached hydrogen (secondary N) is 1. The fourth-order valence-corrected chi connectivity index (χ4v) is 3.25. The Bertz CT molecular complexity index is 1160. The molecular weight excluding hydrogens is 424 g/mol. The first kappa shape index (κ1) is 22.5. The zero-order chi connectivity index (χ0) is 23.4. The van der Waals surface area contributed by atoms with Crippen molar-refractivity contribution in [2.24, 2.45) is 4.99 Å². The van der Waals surface area contributed by atoms with Gasteiger partial charge < -0.3 is 24.3 Å². The average molecular weight is 450 g/mol. The van der Waals surface area contributed by atoms with E-state index in [2.05, 4.69) is 19.9 Å². The van der Waals surface area contributed by atoms with Crippen LogP contribution in [0.5, 0.6) is 17.4 Å². The van der Waals surface area contributed by atoms with E-state index in [-0.39, 0.29) is 24.4 Å². The summed E-state index contributed by atoms with van der Waals surface area (Å²) in [5, 5.41) is 9.39. The highest BCUT2D eigenvalue weighted by Gasteiger charge is 2.19. The summed E-state index contributed by atoms with van der Waals surface area (Å²) >= 11 is 0. The van der Waals surface area contributed by atoms with E-state index in [1.165, 1.54) is 12.4 Å². The lowest BCUT2D eigenvalue weighted by Gasteiger charge is -2.15. The lowest BCUT2D eigenvalue weighted by atomic mass is 10.1. The maximum absolute atomic E-state index is 11.8. The molecule has 0 saturated heterocycles. The highest BCUT2D eigenvalue weighted by Crippen LogP contribution is 2.32. The van der Waals surface area contributed by atoms with E-state index in [9.17, 15) is 9.90 Å². The number of ketones is 1. The molecule has 0 amide bonds. The molecule has 1 aliphatic rings. The van der Waals surface area contributed by atoms with Gasteiger partial charge in [-0.15, -0.1) is 0 Å². The van der Waals surface area contributed by atoms with Gasteiger partial charge in [-0.3, -0.25) is 4.79 Å². The third kappa shape index (κ3) is 5.38. The number of carbonyl (C=O) groups excluding carboxylic acids is 1. The van der Waals surface area contributed by atoms with Crippen LogP contribution in [-0.4, -0.2) is 57.1 Å². The molecule has 1 aromatic carbocycles. The maximum atomic E-state index is 11.8. The van der Waals surface area contributed by atoms with Gasteiger partial charge in [0.2, 0.25) is 11.8 Å². The zero-order valence-corrected chi connectivity index (χ0v) is 18.7. The summed E-state index contributed by atoms with van der Waals surface area (Å²) in [4.78, 5) is 27.8. The van der Waals surface area contributed by atoms with Gasteiger partial charge in [-0.2, -0.15) is 0 Å². The van der Waals surface area contributed by atoms with Crippen LogP contribution < -0.4 is 9.47 Å². The number of aromatic nitrogens is 3. The molecule has 2 atom stereocenters. The Kier molecular flexibility index (Phi) is 6.69. The molecule has 2 N–H and O–H groups in total. The molecule has 4 rings (SSSR count). The minimum atomic E-state index is -0.394. The monoisotopic (exact) mass is 450 g/mol. The number of H-pyrrole nitrogens is 1. The third-order valence-corrected chi connectivity index (χ3v) is 4.96. The molecule has 0 fully saturated rings. The number of carbonyl (C=O) groups is 1. The van der Waals surface area contributed by atoms with E-state index >= 15 is 0 Å². The van der Waals surface area contributed by atoms with Gasteiger partial charge >= 0.3 is 0 Å². The number of rotatable bonds is 9. The fraction of sp³-hybridized carbons (Fsp3) is 0.333. The molecule has 0 bridgehead atoms. The summed E-state index contributed by atoms with van der Waals surface area (Å²) in [7, 11) is 0. The minimum absolute atomic E-state index is 0.0589. The van der Waals surface area contributed by atoms with Crippen LogP contribution in [0.25, 0.3) is 11.3 Å². The normalized spacial score (nSPS) is 16.1. The first-order valence-electron chi connectivity index (χ1n) is 10.8.